The summed E-state index contributed by atoms with van der Waals surface area (Å²) in [4.78, 5) is 7.24. The van der Waals surface area contributed by atoms with Gasteiger partial charge in [-0.25, -0.2) is 4.98 Å². The minimum Gasteiger partial charge on any atom is -0.354 e. The highest BCUT2D eigenvalue weighted by atomic mass is 15.2. The molecule has 2 rings (SSSR count). The van der Waals surface area contributed by atoms with E-state index in [4.69, 9.17) is 4.98 Å². The molecule has 1 fully saturated rings. The molecular weight excluding hydrogens is 246 g/mol. The van der Waals surface area contributed by atoms with Gasteiger partial charge in [0.25, 0.3) is 0 Å². The van der Waals surface area contributed by atoms with E-state index in [-0.39, 0.29) is 0 Å². The van der Waals surface area contributed by atoms with E-state index in [1.807, 2.05) is 0 Å². The lowest BCUT2D eigenvalue weighted by atomic mass is 9.93. The van der Waals surface area contributed by atoms with Gasteiger partial charge in [0.1, 0.15) is 5.82 Å². The molecule has 0 radical (unpaired) electrons. The molecule has 1 aliphatic heterocycles. The van der Waals surface area contributed by atoms with Gasteiger partial charge in [0.2, 0.25) is 0 Å². The summed E-state index contributed by atoms with van der Waals surface area (Å²) in [5, 5.41) is 3.49. The van der Waals surface area contributed by atoms with Gasteiger partial charge < -0.3 is 10.2 Å². The van der Waals surface area contributed by atoms with Crippen molar-refractivity contribution >= 4 is 5.82 Å². The third-order valence-electron chi connectivity index (χ3n) is 4.15. The summed E-state index contributed by atoms with van der Waals surface area (Å²) in [5.41, 5.74) is 2.46. The average Bonchev–Trinajstić information content (AvgIpc) is 2.35. The van der Waals surface area contributed by atoms with Crippen molar-refractivity contribution in [1.29, 1.82) is 0 Å². The van der Waals surface area contributed by atoms with Crippen LogP contribution in [-0.2, 0) is 6.54 Å². The van der Waals surface area contributed by atoms with Gasteiger partial charge >= 0.3 is 0 Å². The SMILES string of the molecule is Cc1cc(CNC(C)C)cc(N2CCC(C)CC2C)n1. The molecule has 0 amide bonds. The van der Waals surface area contributed by atoms with E-state index in [2.05, 4.69) is 57.0 Å². The summed E-state index contributed by atoms with van der Waals surface area (Å²) >= 11 is 0. The standard InChI is InChI=1S/C17H29N3/c1-12(2)18-11-16-9-14(4)19-17(10-16)20-7-6-13(3)8-15(20)5/h9-10,12-13,15,18H,6-8,11H2,1-5H3. The summed E-state index contributed by atoms with van der Waals surface area (Å²) in [6.45, 7) is 13.2. The summed E-state index contributed by atoms with van der Waals surface area (Å²) in [5.74, 6) is 2.00. The number of nitrogens with zero attached hydrogens (tertiary/aromatic N) is 2. The first-order chi connectivity index (χ1) is 9.45. The van der Waals surface area contributed by atoms with E-state index < -0.39 is 0 Å². The molecule has 0 spiro atoms. The maximum absolute atomic E-state index is 4.76. The highest BCUT2D eigenvalue weighted by molar-refractivity contribution is 5.44. The molecule has 0 saturated carbocycles. The summed E-state index contributed by atoms with van der Waals surface area (Å²) in [7, 11) is 0. The Hall–Kier alpha value is -1.09. The van der Waals surface area contributed by atoms with Crippen LogP contribution in [0.1, 0.15) is 51.8 Å². The first-order valence-electron chi connectivity index (χ1n) is 7.93. The Kier molecular flexibility index (Phi) is 5.03. The molecule has 2 atom stereocenters. The fraction of sp³-hybridized carbons (Fsp3) is 0.706. The van der Waals surface area contributed by atoms with Gasteiger partial charge in [-0.3, -0.25) is 0 Å². The minimum atomic E-state index is 0.515. The van der Waals surface area contributed by atoms with Crippen LogP contribution >= 0.6 is 0 Å². The van der Waals surface area contributed by atoms with Crippen molar-refractivity contribution in [2.24, 2.45) is 5.92 Å². The third kappa shape index (κ3) is 3.95. The number of aryl methyl sites for hydroxylation is 1. The number of nitrogens with one attached hydrogen (secondary N) is 1. The number of anilines is 1. The topological polar surface area (TPSA) is 28.2 Å². The fourth-order valence-electron chi connectivity index (χ4n) is 3.04. The molecule has 0 aliphatic carbocycles. The Morgan fingerprint density at radius 2 is 2.10 bits per heavy atom. The second-order valence-corrected chi connectivity index (χ2v) is 6.68. The lowest BCUT2D eigenvalue weighted by Gasteiger charge is -2.37. The largest absolute Gasteiger partial charge is 0.354 e. The maximum atomic E-state index is 4.76. The fourth-order valence-corrected chi connectivity index (χ4v) is 3.04. The van der Waals surface area contributed by atoms with E-state index in [0.29, 0.717) is 12.1 Å². The van der Waals surface area contributed by atoms with E-state index >= 15 is 0 Å². The van der Waals surface area contributed by atoms with Crippen LogP contribution in [0.5, 0.6) is 0 Å². The van der Waals surface area contributed by atoms with Gasteiger partial charge in [0.15, 0.2) is 0 Å². The van der Waals surface area contributed by atoms with Crippen molar-refractivity contribution < 1.29 is 0 Å². The van der Waals surface area contributed by atoms with Gasteiger partial charge in [0, 0.05) is 30.9 Å². The number of piperidine rings is 1. The molecule has 1 aromatic heterocycles. The van der Waals surface area contributed by atoms with Crippen LogP contribution in [0.4, 0.5) is 5.82 Å². The zero-order chi connectivity index (χ0) is 14.7. The highest BCUT2D eigenvalue weighted by Gasteiger charge is 2.24. The van der Waals surface area contributed by atoms with E-state index in [0.717, 1.165) is 30.5 Å². The normalized spacial score (nSPS) is 23.4. The molecule has 3 heteroatoms. The van der Waals surface area contributed by atoms with Crippen molar-refractivity contribution in [2.75, 3.05) is 11.4 Å². The van der Waals surface area contributed by atoms with Gasteiger partial charge in [-0.2, -0.15) is 0 Å². The van der Waals surface area contributed by atoms with Crippen molar-refractivity contribution in [2.45, 2.75) is 66.1 Å². The van der Waals surface area contributed by atoms with Gasteiger partial charge in [-0.1, -0.05) is 20.8 Å². The van der Waals surface area contributed by atoms with Crippen molar-refractivity contribution in [3.05, 3.63) is 23.4 Å². The number of pyridine rings is 1. The quantitative estimate of drug-likeness (QED) is 0.911. The van der Waals surface area contributed by atoms with Crippen LogP contribution in [-0.4, -0.2) is 23.6 Å². The van der Waals surface area contributed by atoms with Gasteiger partial charge in [-0.15, -0.1) is 0 Å². The van der Waals surface area contributed by atoms with E-state index in [1.165, 1.54) is 18.4 Å². The van der Waals surface area contributed by atoms with Gasteiger partial charge in [-0.05, 0) is 50.3 Å². The van der Waals surface area contributed by atoms with Crippen LogP contribution in [0.2, 0.25) is 0 Å². The second-order valence-electron chi connectivity index (χ2n) is 6.68. The molecule has 1 aromatic rings. The average molecular weight is 275 g/mol. The predicted molar refractivity (Wildman–Crippen MR) is 86.2 cm³/mol. The van der Waals surface area contributed by atoms with E-state index in [1.54, 1.807) is 0 Å². The second kappa shape index (κ2) is 6.57. The molecule has 1 N–H and O–H groups in total. The smallest absolute Gasteiger partial charge is 0.129 e. The Balaban J connectivity index is 2.14. The van der Waals surface area contributed by atoms with Gasteiger partial charge in [0.05, 0.1) is 0 Å². The maximum Gasteiger partial charge on any atom is 0.129 e. The Morgan fingerprint density at radius 3 is 2.75 bits per heavy atom. The van der Waals surface area contributed by atoms with Crippen molar-refractivity contribution in [1.82, 2.24) is 10.3 Å². The van der Waals surface area contributed by atoms with Crippen LogP contribution in [0.25, 0.3) is 0 Å². The Labute approximate surface area is 123 Å². The lowest BCUT2D eigenvalue weighted by molar-refractivity contribution is 0.376. The Bertz CT molecular complexity index is 442. The first-order valence-corrected chi connectivity index (χ1v) is 7.93. The zero-order valence-corrected chi connectivity index (χ0v) is 13.6. The predicted octanol–water partition coefficient (Wildman–Crippen LogP) is 3.51. The van der Waals surface area contributed by atoms with E-state index in [9.17, 15) is 0 Å². The molecule has 0 bridgehead atoms. The summed E-state index contributed by atoms with van der Waals surface area (Å²) in [6, 6.07) is 5.56. The molecule has 20 heavy (non-hydrogen) atoms. The highest BCUT2D eigenvalue weighted by Crippen LogP contribution is 2.27. The molecule has 112 valence electrons. The Morgan fingerprint density at radius 1 is 1.35 bits per heavy atom. The lowest BCUT2D eigenvalue weighted by Crippen LogP contribution is -2.40. The monoisotopic (exact) mass is 275 g/mol. The minimum absolute atomic E-state index is 0.515. The summed E-state index contributed by atoms with van der Waals surface area (Å²) < 4.78 is 0. The number of aromatic nitrogens is 1. The molecule has 3 nitrogen and oxygen atoms in total. The molecule has 1 aliphatic rings. The zero-order valence-electron chi connectivity index (χ0n) is 13.6. The summed E-state index contributed by atoms with van der Waals surface area (Å²) in [6.07, 6.45) is 2.55. The number of hydrogen-bond donors (Lipinski definition) is 1. The number of rotatable bonds is 4. The third-order valence-corrected chi connectivity index (χ3v) is 4.15. The van der Waals surface area contributed by atoms with Crippen molar-refractivity contribution in [3.63, 3.8) is 0 Å². The van der Waals surface area contributed by atoms with Crippen LogP contribution < -0.4 is 10.2 Å². The molecule has 2 unspecified atom stereocenters. The van der Waals surface area contributed by atoms with Crippen LogP contribution in [0.15, 0.2) is 12.1 Å². The van der Waals surface area contributed by atoms with Crippen LogP contribution in [0.3, 0.4) is 0 Å². The first kappa shape index (κ1) is 15.3. The van der Waals surface area contributed by atoms with Crippen molar-refractivity contribution in [3.8, 4) is 0 Å². The number of hydrogen-bond acceptors (Lipinski definition) is 3. The van der Waals surface area contributed by atoms with Crippen LogP contribution in [0, 0.1) is 12.8 Å². The molecular formula is C17H29N3. The molecule has 2 heterocycles. The molecule has 0 aromatic carbocycles. The molecule has 1 saturated heterocycles.